The van der Waals surface area contributed by atoms with E-state index in [1.54, 1.807) is 0 Å². The molecule has 16 atom stereocenters. The van der Waals surface area contributed by atoms with Crippen LogP contribution in [0.5, 0.6) is 0 Å². The van der Waals surface area contributed by atoms with E-state index in [4.69, 9.17) is 23.7 Å². The van der Waals surface area contributed by atoms with E-state index >= 15 is 0 Å². The molecule has 0 aromatic heterocycles. The molecule has 3 fully saturated rings. The van der Waals surface area contributed by atoms with Crippen LogP contribution >= 0.6 is 0 Å². The van der Waals surface area contributed by atoms with Gasteiger partial charge in [0.2, 0.25) is 17.7 Å². The Morgan fingerprint density at radius 1 is 0.816 bits per heavy atom. The largest absolute Gasteiger partial charge is 0.477 e. The Bertz CT molecular complexity index is 1170. The number of carbonyl (C=O) groups excluding carboxylic acids is 3. The van der Waals surface area contributed by atoms with Crippen molar-refractivity contribution in [3.63, 3.8) is 0 Å². The first kappa shape index (κ1) is 40.7. The first-order valence-corrected chi connectivity index (χ1v) is 15.2. The zero-order valence-corrected chi connectivity index (χ0v) is 26.6. The van der Waals surface area contributed by atoms with Crippen LogP contribution in [0, 0.1) is 0 Å². The molecule has 0 aliphatic carbocycles. The van der Waals surface area contributed by atoms with Gasteiger partial charge in [-0.1, -0.05) is 0 Å². The van der Waals surface area contributed by atoms with Crippen molar-refractivity contribution < 1.29 is 93.9 Å². The van der Waals surface area contributed by atoms with Gasteiger partial charge in [0.05, 0.1) is 32.0 Å². The third-order valence-corrected chi connectivity index (χ3v) is 8.27. The number of carbonyl (C=O) groups is 4. The van der Waals surface area contributed by atoms with Crippen molar-refractivity contribution in [3.8, 4) is 0 Å². The fraction of sp³-hybridized carbons (Fsp3) is 0.852. The number of aliphatic hydroxyl groups is 9. The number of nitrogens with one attached hydrogen (secondary N) is 3. The van der Waals surface area contributed by atoms with Crippen LogP contribution in [0.3, 0.4) is 0 Å². The molecule has 3 heterocycles. The number of amides is 3. The number of carboxylic acid groups (broad SMARTS) is 1. The molecule has 0 aromatic carbocycles. The molecule has 1 unspecified atom stereocenters. The predicted octanol–water partition coefficient (Wildman–Crippen LogP) is -7.94. The summed E-state index contributed by atoms with van der Waals surface area (Å²) in [4.78, 5) is 48.0. The molecule has 282 valence electrons. The van der Waals surface area contributed by atoms with E-state index in [2.05, 4.69) is 16.0 Å². The third kappa shape index (κ3) is 9.36. The van der Waals surface area contributed by atoms with Gasteiger partial charge in [0.25, 0.3) is 5.79 Å². The Balaban J connectivity index is 1.91. The van der Waals surface area contributed by atoms with E-state index in [1.807, 2.05) is 0 Å². The van der Waals surface area contributed by atoms with Crippen molar-refractivity contribution in [1.82, 2.24) is 16.0 Å². The number of hydrogen-bond acceptors (Lipinski definition) is 18. The van der Waals surface area contributed by atoms with Crippen LogP contribution in [0.25, 0.3) is 0 Å². The summed E-state index contributed by atoms with van der Waals surface area (Å²) in [6.45, 7) is 0.350. The van der Waals surface area contributed by atoms with Crippen LogP contribution in [-0.2, 0) is 42.9 Å². The Morgan fingerprint density at radius 2 is 1.39 bits per heavy atom. The minimum absolute atomic E-state index is 0.680. The smallest absolute Gasteiger partial charge is 0.364 e. The van der Waals surface area contributed by atoms with Crippen molar-refractivity contribution in [1.29, 1.82) is 0 Å². The molecule has 3 aliphatic rings. The highest BCUT2D eigenvalue weighted by atomic mass is 16.7. The maximum absolute atomic E-state index is 12.5. The lowest BCUT2D eigenvalue weighted by atomic mass is 9.88. The second-order valence-electron chi connectivity index (χ2n) is 12.0. The quantitative estimate of drug-likeness (QED) is 0.0842. The van der Waals surface area contributed by atoms with E-state index in [-0.39, 0.29) is 0 Å². The first-order valence-electron chi connectivity index (χ1n) is 15.2. The molecular weight excluding hydrogens is 670 g/mol. The number of carboxylic acids is 1. The van der Waals surface area contributed by atoms with Gasteiger partial charge in [-0.25, -0.2) is 4.79 Å². The van der Waals surface area contributed by atoms with Gasteiger partial charge in [-0.15, -0.1) is 0 Å². The monoisotopic (exact) mass is 715 g/mol. The molecule has 22 heteroatoms. The maximum Gasteiger partial charge on any atom is 0.364 e. The number of hydrogen-bond donors (Lipinski definition) is 13. The van der Waals surface area contributed by atoms with Gasteiger partial charge in [-0.2, -0.15) is 0 Å². The van der Waals surface area contributed by atoms with Gasteiger partial charge in [0.15, 0.2) is 12.6 Å². The number of aliphatic carboxylic acids is 1. The van der Waals surface area contributed by atoms with Crippen molar-refractivity contribution in [2.45, 2.75) is 125 Å². The molecule has 49 heavy (non-hydrogen) atoms. The lowest BCUT2D eigenvalue weighted by molar-refractivity contribution is -0.345. The van der Waals surface area contributed by atoms with Gasteiger partial charge in [0.1, 0.15) is 67.0 Å². The van der Waals surface area contributed by atoms with Crippen molar-refractivity contribution in [3.05, 3.63) is 0 Å². The summed E-state index contributed by atoms with van der Waals surface area (Å²) in [5, 5.41) is 111. The first-order chi connectivity index (χ1) is 22.9. The summed E-state index contributed by atoms with van der Waals surface area (Å²) in [5.41, 5.74) is 0. The van der Waals surface area contributed by atoms with E-state index in [0.717, 1.165) is 20.8 Å². The van der Waals surface area contributed by atoms with Crippen molar-refractivity contribution >= 4 is 23.7 Å². The van der Waals surface area contributed by atoms with E-state index < -0.39 is 147 Å². The van der Waals surface area contributed by atoms with E-state index in [0.29, 0.717) is 0 Å². The molecule has 0 bridgehead atoms. The average molecular weight is 716 g/mol. The summed E-state index contributed by atoms with van der Waals surface area (Å²) in [6.07, 6.45) is -22.7. The van der Waals surface area contributed by atoms with Gasteiger partial charge >= 0.3 is 5.97 Å². The normalized spacial score (nSPS) is 40.9. The highest BCUT2D eigenvalue weighted by molar-refractivity contribution is 5.76. The number of aliphatic hydroxyl groups excluding tert-OH is 9. The summed E-state index contributed by atoms with van der Waals surface area (Å²) in [7, 11) is 0. The summed E-state index contributed by atoms with van der Waals surface area (Å²) in [6, 6.07) is -4.56. The van der Waals surface area contributed by atoms with Crippen LogP contribution in [0.15, 0.2) is 0 Å². The predicted molar refractivity (Wildman–Crippen MR) is 153 cm³/mol. The molecule has 13 N–H and O–H groups in total. The molecular formula is C27H45N3O19. The summed E-state index contributed by atoms with van der Waals surface area (Å²) < 4.78 is 27.9. The average Bonchev–Trinajstić information content (AvgIpc) is 3.02. The zero-order chi connectivity index (χ0) is 37.0. The van der Waals surface area contributed by atoms with Crippen LogP contribution in [-0.4, -0.2) is 192 Å². The highest BCUT2D eigenvalue weighted by Crippen LogP contribution is 2.35. The number of rotatable bonds is 13. The number of ether oxygens (including phenoxy) is 5. The Hall–Kier alpha value is -2.68. The standard InChI is InChI=1S/C27H45N3O19/c1-8(33)28-15-11(36)4-27(26(43)44,49-23(15)18(38)12(37)5-31)45-7-14-19(39)20(40)17(30-10(3)35)25(47-14)48-22-13(6-32)46-24(42)16(21(22)41)29-9(2)34/h11-25,31-32,36-42H,4-7H2,1-3H3,(H,28,33)(H,29,34)(H,30,35)(H,43,44)/t11-,12+,13+,14+,15+,16+,17+,18+,19-,20+,21+,22+,23+,24?,25-,27+/m0/s1. The molecule has 0 aromatic rings. The molecule has 22 nitrogen and oxygen atoms in total. The Morgan fingerprint density at radius 3 is 1.92 bits per heavy atom. The molecule has 3 saturated heterocycles. The van der Waals surface area contributed by atoms with Crippen LogP contribution in [0.4, 0.5) is 0 Å². The second kappa shape index (κ2) is 17.0. The van der Waals surface area contributed by atoms with Gasteiger partial charge in [0, 0.05) is 27.2 Å². The van der Waals surface area contributed by atoms with Crippen LogP contribution < -0.4 is 16.0 Å². The lowest BCUT2D eigenvalue weighted by Gasteiger charge is -2.49. The highest BCUT2D eigenvalue weighted by Gasteiger charge is 2.57. The van der Waals surface area contributed by atoms with Gasteiger partial charge in [-0.3, -0.25) is 14.4 Å². The maximum atomic E-state index is 12.5. The minimum atomic E-state index is -2.86. The summed E-state index contributed by atoms with van der Waals surface area (Å²) in [5.74, 6) is -6.89. The Labute approximate surface area is 278 Å². The fourth-order valence-corrected chi connectivity index (χ4v) is 5.86. The Kier molecular flexibility index (Phi) is 14.2. The lowest BCUT2D eigenvalue weighted by Crippen LogP contribution is -2.70. The van der Waals surface area contributed by atoms with E-state index in [9.17, 15) is 70.2 Å². The minimum Gasteiger partial charge on any atom is -0.477 e. The molecule has 3 aliphatic heterocycles. The summed E-state index contributed by atoms with van der Waals surface area (Å²) >= 11 is 0. The molecule has 0 radical (unpaired) electrons. The van der Waals surface area contributed by atoms with Gasteiger partial charge < -0.3 is 90.7 Å². The second-order valence-corrected chi connectivity index (χ2v) is 12.0. The van der Waals surface area contributed by atoms with Crippen LogP contribution in [0.1, 0.15) is 27.2 Å². The molecule has 0 saturated carbocycles. The van der Waals surface area contributed by atoms with E-state index in [1.165, 1.54) is 0 Å². The van der Waals surface area contributed by atoms with Gasteiger partial charge in [-0.05, 0) is 0 Å². The SMILES string of the molecule is CC(=O)N[C@H]1[C@H](O[C@H]2[C@H](O)[C@@H](NC(C)=O)C(O)O[C@@H]2CO)O[C@H](CO[C@]2(C(=O)O)C[C@H](O)[C@@H](NC(C)=O)[C@H]([C@H](O)[C@H](O)CO)O2)[C@H](O)[C@@H]1O. The molecule has 3 rings (SSSR count). The van der Waals surface area contributed by atoms with Crippen molar-refractivity contribution in [2.24, 2.45) is 0 Å². The topological polar surface area (TPSA) is 353 Å². The third-order valence-electron chi connectivity index (χ3n) is 8.27. The fourth-order valence-electron chi connectivity index (χ4n) is 5.86. The van der Waals surface area contributed by atoms with Crippen LogP contribution in [0.2, 0.25) is 0 Å². The van der Waals surface area contributed by atoms with Crippen molar-refractivity contribution in [2.75, 3.05) is 19.8 Å². The zero-order valence-electron chi connectivity index (χ0n) is 26.6. The molecule has 3 amide bonds. The molecule has 0 spiro atoms.